The Morgan fingerprint density at radius 1 is 1.35 bits per heavy atom. The molecule has 1 atom stereocenters. The zero-order valence-corrected chi connectivity index (χ0v) is 9.90. The summed E-state index contributed by atoms with van der Waals surface area (Å²) < 4.78 is 28.1. The Morgan fingerprint density at radius 2 is 2.18 bits per heavy atom. The van der Waals surface area contributed by atoms with Crippen molar-refractivity contribution in [2.45, 2.75) is 12.5 Å². The zero-order valence-electron chi connectivity index (χ0n) is 9.09. The fourth-order valence-corrected chi connectivity index (χ4v) is 3.69. The molecular weight excluding hydrogens is 240 g/mol. The predicted octanol–water partition coefficient (Wildman–Crippen LogP) is 1.43. The fraction of sp³-hybridized carbons (Fsp3) is 0.364. The third-order valence-electron chi connectivity index (χ3n) is 2.85. The van der Waals surface area contributed by atoms with E-state index >= 15 is 0 Å². The maximum atomic E-state index is 11.3. The van der Waals surface area contributed by atoms with E-state index in [1.807, 2.05) is 24.3 Å². The SMILES string of the molecule is O=S1(=O)CC[C@@H](Nc2nc3ccccc3o2)C1. The van der Waals surface area contributed by atoms with Crippen molar-refractivity contribution in [1.82, 2.24) is 4.98 Å². The van der Waals surface area contributed by atoms with Crippen molar-refractivity contribution < 1.29 is 12.8 Å². The van der Waals surface area contributed by atoms with Crippen LogP contribution in [0.25, 0.3) is 11.1 Å². The van der Waals surface area contributed by atoms with Gasteiger partial charge >= 0.3 is 0 Å². The Bertz CT molecular complexity index is 615. The number of rotatable bonds is 2. The van der Waals surface area contributed by atoms with Crippen LogP contribution in [0, 0.1) is 0 Å². The minimum Gasteiger partial charge on any atom is -0.424 e. The van der Waals surface area contributed by atoms with Crippen LogP contribution in [0.15, 0.2) is 28.7 Å². The second kappa shape index (κ2) is 3.73. The van der Waals surface area contributed by atoms with Crippen molar-refractivity contribution in [3.8, 4) is 0 Å². The Morgan fingerprint density at radius 3 is 2.88 bits per heavy atom. The topological polar surface area (TPSA) is 72.2 Å². The molecule has 1 fully saturated rings. The molecule has 3 rings (SSSR count). The van der Waals surface area contributed by atoms with E-state index in [9.17, 15) is 8.42 Å². The average molecular weight is 252 g/mol. The van der Waals surface area contributed by atoms with E-state index in [-0.39, 0.29) is 17.5 Å². The first kappa shape index (κ1) is 10.6. The highest BCUT2D eigenvalue weighted by atomic mass is 32.2. The number of sulfone groups is 1. The van der Waals surface area contributed by atoms with Gasteiger partial charge in [-0.1, -0.05) is 12.1 Å². The lowest BCUT2D eigenvalue weighted by Crippen LogP contribution is -2.20. The molecule has 5 nitrogen and oxygen atoms in total. The zero-order chi connectivity index (χ0) is 11.9. The van der Waals surface area contributed by atoms with Crippen LogP contribution in [0.1, 0.15) is 6.42 Å². The van der Waals surface area contributed by atoms with Crippen molar-refractivity contribution in [2.24, 2.45) is 0 Å². The van der Waals surface area contributed by atoms with E-state index in [4.69, 9.17) is 4.42 Å². The molecule has 2 aromatic rings. The first-order chi connectivity index (χ1) is 8.12. The summed E-state index contributed by atoms with van der Waals surface area (Å²) in [5.41, 5.74) is 1.48. The van der Waals surface area contributed by atoms with E-state index in [1.165, 1.54) is 0 Å². The normalized spacial score (nSPS) is 22.9. The first-order valence-corrected chi connectivity index (χ1v) is 7.27. The molecule has 0 spiro atoms. The monoisotopic (exact) mass is 252 g/mol. The second-order valence-corrected chi connectivity index (χ2v) is 6.46. The van der Waals surface area contributed by atoms with Crippen molar-refractivity contribution >= 4 is 27.0 Å². The number of hydrogen-bond donors (Lipinski definition) is 1. The lowest BCUT2D eigenvalue weighted by atomic mass is 10.3. The summed E-state index contributed by atoms with van der Waals surface area (Å²) in [4.78, 5) is 4.25. The molecule has 1 saturated heterocycles. The maximum Gasteiger partial charge on any atom is 0.295 e. The van der Waals surface area contributed by atoms with Crippen LogP contribution in [0.2, 0.25) is 0 Å². The number of aromatic nitrogens is 1. The van der Waals surface area contributed by atoms with Crippen LogP contribution in [0.5, 0.6) is 0 Å². The molecule has 1 aliphatic rings. The molecule has 2 heterocycles. The third kappa shape index (κ3) is 2.12. The Hall–Kier alpha value is -1.56. The number of anilines is 1. The summed E-state index contributed by atoms with van der Waals surface area (Å²) >= 11 is 0. The second-order valence-electron chi connectivity index (χ2n) is 4.23. The van der Waals surface area contributed by atoms with Crippen molar-refractivity contribution in [2.75, 3.05) is 16.8 Å². The standard InChI is InChI=1S/C11H12N2O3S/c14-17(15)6-5-8(7-17)12-11-13-9-3-1-2-4-10(9)16-11/h1-4,8H,5-7H2,(H,12,13)/t8-/m1/s1. The Kier molecular flexibility index (Phi) is 2.32. The van der Waals surface area contributed by atoms with Gasteiger partial charge in [-0.05, 0) is 18.6 Å². The van der Waals surface area contributed by atoms with Gasteiger partial charge in [0, 0.05) is 6.04 Å². The first-order valence-electron chi connectivity index (χ1n) is 5.45. The quantitative estimate of drug-likeness (QED) is 0.875. The van der Waals surface area contributed by atoms with Crippen LogP contribution in [0.4, 0.5) is 6.01 Å². The molecule has 1 aliphatic heterocycles. The van der Waals surface area contributed by atoms with Crippen LogP contribution < -0.4 is 5.32 Å². The highest BCUT2D eigenvalue weighted by molar-refractivity contribution is 7.91. The van der Waals surface area contributed by atoms with Gasteiger partial charge in [-0.15, -0.1) is 0 Å². The van der Waals surface area contributed by atoms with Gasteiger partial charge in [0.25, 0.3) is 6.01 Å². The van der Waals surface area contributed by atoms with Gasteiger partial charge in [0.2, 0.25) is 0 Å². The molecule has 1 aromatic heterocycles. The minimum absolute atomic E-state index is 0.0898. The summed E-state index contributed by atoms with van der Waals surface area (Å²) in [6.45, 7) is 0. The van der Waals surface area contributed by atoms with Gasteiger partial charge < -0.3 is 9.73 Å². The van der Waals surface area contributed by atoms with Crippen LogP contribution in [-0.2, 0) is 9.84 Å². The summed E-state index contributed by atoms with van der Waals surface area (Å²) in [7, 11) is -2.88. The summed E-state index contributed by atoms with van der Waals surface area (Å²) in [6.07, 6.45) is 0.612. The molecule has 0 amide bonds. The third-order valence-corrected chi connectivity index (χ3v) is 4.62. The number of nitrogens with one attached hydrogen (secondary N) is 1. The van der Waals surface area contributed by atoms with Crippen molar-refractivity contribution in [3.63, 3.8) is 0 Å². The van der Waals surface area contributed by atoms with Gasteiger partial charge in [0.1, 0.15) is 5.52 Å². The maximum absolute atomic E-state index is 11.3. The van der Waals surface area contributed by atoms with E-state index in [2.05, 4.69) is 10.3 Å². The van der Waals surface area contributed by atoms with Crippen molar-refractivity contribution in [1.29, 1.82) is 0 Å². The van der Waals surface area contributed by atoms with E-state index < -0.39 is 9.84 Å². The molecule has 0 radical (unpaired) electrons. The highest BCUT2D eigenvalue weighted by Crippen LogP contribution is 2.21. The number of para-hydroxylation sites is 2. The molecule has 0 aliphatic carbocycles. The van der Waals surface area contributed by atoms with E-state index in [1.54, 1.807) is 0 Å². The van der Waals surface area contributed by atoms with E-state index in [0.717, 1.165) is 5.52 Å². The number of hydrogen-bond acceptors (Lipinski definition) is 5. The molecule has 90 valence electrons. The lowest BCUT2D eigenvalue weighted by Gasteiger charge is -2.06. The Labute approximate surface area is 98.8 Å². The predicted molar refractivity (Wildman–Crippen MR) is 64.7 cm³/mol. The van der Waals surface area contributed by atoms with Gasteiger partial charge in [0.05, 0.1) is 11.5 Å². The van der Waals surface area contributed by atoms with Gasteiger partial charge in [-0.3, -0.25) is 0 Å². The minimum atomic E-state index is -2.88. The van der Waals surface area contributed by atoms with Crippen LogP contribution in [0.3, 0.4) is 0 Å². The average Bonchev–Trinajstić information content (AvgIpc) is 2.81. The lowest BCUT2D eigenvalue weighted by molar-refractivity contribution is 0.597. The molecule has 6 heteroatoms. The molecule has 17 heavy (non-hydrogen) atoms. The molecule has 0 unspecified atom stereocenters. The molecule has 0 bridgehead atoms. The van der Waals surface area contributed by atoms with Gasteiger partial charge in [-0.25, -0.2) is 8.42 Å². The van der Waals surface area contributed by atoms with E-state index in [0.29, 0.717) is 18.0 Å². The molecule has 1 N–H and O–H groups in total. The molecular formula is C11H12N2O3S. The summed E-state index contributed by atoms with van der Waals surface area (Å²) in [5.74, 6) is 0.399. The van der Waals surface area contributed by atoms with Crippen LogP contribution >= 0.6 is 0 Å². The number of nitrogens with zero attached hydrogens (tertiary/aromatic N) is 1. The molecule has 1 aromatic carbocycles. The summed E-state index contributed by atoms with van der Waals surface area (Å²) in [6, 6.07) is 7.75. The van der Waals surface area contributed by atoms with Gasteiger partial charge in [-0.2, -0.15) is 4.98 Å². The number of oxazole rings is 1. The smallest absolute Gasteiger partial charge is 0.295 e. The highest BCUT2D eigenvalue weighted by Gasteiger charge is 2.28. The largest absolute Gasteiger partial charge is 0.424 e. The Balaban J connectivity index is 1.81. The van der Waals surface area contributed by atoms with Crippen molar-refractivity contribution in [3.05, 3.63) is 24.3 Å². The van der Waals surface area contributed by atoms with Gasteiger partial charge in [0.15, 0.2) is 15.4 Å². The fourth-order valence-electron chi connectivity index (χ4n) is 2.02. The number of benzene rings is 1. The number of fused-ring (bicyclic) bond motifs is 1. The summed E-state index contributed by atoms with van der Waals surface area (Å²) in [5, 5.41) is 3.03. The van der Waals surface area contributed by atoms with Crippen LogP contribution in [-0.4, -0.2) is 30.9 Å². The molecule has 0 saturated carbocycles.